The van der Waals surface area contributed by atoms with Crippen molar-refractivity contribution < 1.29 is 19.1 Å². The summed E-state index contributed by atoms with van der Waals surface area (Å²) in [7, 11) is 1.58. The molecule has 1 aliphatic heterocycles. The fraction of sp³-hybridized carbons (Fsp3) is 0.385. The zero-order valence-electron chi connectivity index (χ0n) is 10.2. The Bertz CT molecular complexity index is 458. The molecule has 0 radical (unpaired) electrons. The Morgan fingerprint density at radius 3 is 2.94 bits per heavy atom. The second-order valence-electron chi connectivity index (χ2n) is 4.12. The normalized spacial score (nSPS) is 14.7. The molecule has 5 heteroatoms. The molecule has 1 fully saturated rings. The molecule has 0 atom stereocenters. The molecular formula is C13H15NO4. The van der Waals surface area contributed by atoms with E-state index in [1.807, 2.05) is 24.3 Å². The van der Waals surface area contributed by atoms with Crippen molar-refractivity contribution in [3.8, 4) is 5.75 Å². The average molecular weight is 249 g/mol. The van der Waals surface area contributed by atoms with Gasteiger partial charge in [0.2, 0.25) is 0 Å². The van der Waals surface area contributed by atoms with E-state index in [0.29, 0.717) is 13.0 Å². The van der Waals surface area contributed by atoms with Crippen LogP contribution in [0.3, 0.4) is 0 Å². The van der Waals surface area contributed by atoms with E-state index >= 15 is 0 Å². The van der Waals surface area contributed by atoms with Gasteiger partial charge in [0.15, 0.2) is 5.78 Å². The predicted molar refractivity (Wildman–Crippen MR) is 64.4 cm³/mol. The molecule has 0 aromatic heterocycles. The number of methoxy groups -OCH3 is 1. The molecular weight excluding hydrogens is 234 g/mol. The molecule has 0 aliphatic carbocycles. The van der Waals surface area contributed by atoms with Crippen LogP contribution in [0, 0.1) is 0 Å². The SMILES string of the molecule is COc1cccc(COC(=O)N2CCC(=O)C2)c1. The van der Waals surface area contributed by atoms with Crippen LogP contribution in [0.2, 0.25) is 0 Å². The lowest BCUT2D eigenvalue weighted by molar-refractivity contribution is -0.116. The first kappa shape index (κ1) is 12.4. The van der Waals surface area contributed by atoms with Crippen molar-refractivity contribution in [2.45, 2.75) is 13.0 Å². The van der Waals surface area contributed by atoms with Crippen LogP contribution in [-0.4, -0.2) is 37.0 Å². The minimum Gasteiger partial charge on any atom is -0.497 e. The second-order valence-corrected chi connectivity index (χ2v) is 4.12. The zero-order valence-corrected chi connectivity index (χ0v) is 10.2. The number of rotatable bonds is 3. The van der Waals surface area contributed by atoms with E-state index in [-0.39, 0.29) is 18.9 Å². The molecule has 2 rings (SSSR count). The number of benzene rings is 1. The third-order valence-electron chi connectivity index (χ3n) is 2.78. The van der Waals surface area contributed by atoms with Crippen LogP contribution in [0.1, 0.15) is 12.0 Å². The Morgan fingerprint density at radius 2 is 2.28 bits per heavy atom. The summed E-state index contributed by atoms with van der Waals surface area (Å²) >= 11 is 0. The smallest absolute Gasteiger partial charge is 0.410 e. The summed E-state index contributed by atoms with van der Waals surface area (Å²) in [4.78, 5) is 24.1. The van der Waals surface area contributed by atoms with Gasteiger partial charge in [-0.15, -0.1) is 0 Å². The van der Waals surface area contributed by atoms with Crippen molar-refractivity contribution in [1.82, 2.24) is 4.90 Å². The van der Waals surface area contributed by atoms with Gasteiger partial charge in [0.1, 0.15) is 12.4 Å². The van der Waals surface area contributed by atoms with Gasteiger partial charge >= 0.3 is 6.09 Å². The van der Waals surface area contributed by atoms with Gasteiger partial charge in [-0.05, 0) is 17.7 Å². The number of Topliss-reactive ketones (excluding diaryl/α,β-unsaturated/α-hetero) is 1. The number of amides is 1. The molecule has 0 N–H and O–H groups in total. The van der Waals surface area contributed by atoms with Crippen LogP contribution in [0.15, 0.2) is 24.3 Å². The number of carbonyl (C=O) groups excluding carboxylic acids is 2. The topological polar surface area (TPSA) is 55.8 Å². The van der Waals surface area contributed by atoms with E-state index in [4.69, 9.17) is 9.47 Å². The van der Waals surface area contributed by atoms with Crippen molar-refractivity contribution in [2.75, 3.05) is 20.2 Å². The Morgan fingerprint density at radius 1 is 1.44 bits per heavy atom. The first-order valence-corrected chi connectivity index (χ1v) is 5.75. The summed E-state index contributed by atoms with van der Waals surface area (Å²) in [5.41, 5.74) is 0.855. The van der Waals surface area contributed by atoms with Gasteiger partial charge in [-0.3, -0.25) is 4.79 Å². The van der Waals surface area contributed by atoms with Crippen molar-refractivity contribution in [3.63, 3.8) is 0 Å². The Labute approximate surface area is 105 Å². The monoisotopic (exact) mass is 249 g/mol. The van der Waals surface area contributed by atoms with Gasteiger partial charge < -0.3 is 14.4 Å². The van der Waals surface area contributed by atoms with Crippen molar-refractivity contribution >= 4 is 11.9 Å². The number of carbonyl (C=O) groups is 2. The van der Waals surface area contributed by atoms with Crippen LogP contribution in [0.4, 0.5) is 4.79 Å². The van der Waals surface area contributed by atoms with E-state index in [1.165, 1.54) is 4.90 Å². The molecule has 0 bridgehead atoms. The highest BCUT2D eigenvalue weighted by molar-refractivity contribution is 5.87. The number of hydrogen-bond acceptors (Lipinski definition) is 4. The lowest BCUT2D eigenvalue weighted by Crippen LogP contribution is -2.29. The molecule has 5 nitrogen and oxygen atoms in total. The zero-order chi connectivity index (χ0) is 13.0. The van der Waals surface area contributed by atoms with Crippen LogP contribution in [0.25, 0.3) is 0 Å². The average Bonchev–Trinajstić information content (AvgIpc) is 2.83. The Balaban J connectivity index is 1.87. The third-order valence-corrected chi connectivity index (χ3v) is 2.78. The molecule has 0 unspecified atom stereocenters. The maximum absolute atomic E-state index is 11.6. The molecule has 1 aromatic carbocycles. The Hall–Kier alpha value is -2.04. The van der Waals surface area contributed by atoms with Crippen LogP contribution in [-0.2, 0) is 16.1 Å². The highest BCUT2D eigenvalue weighted by Gasteiger charge is 2.24. The van der Waals surface area contributed by atoms with E-state index in [0.717, 1.165) is 11.3 Å². The highest BCUT2D eigenvalue weighted by Crippen LogP contribution is 2.14. The number of ketones is 1. The summed E-state index contributed by atoms with van der Waals surface area (Å²) < 4.78 is 10.2. The molecule has 1 heterocycles. The Kier molecular flexibility index (Phi) is 3.82. The maximum Gasteiger partial charge on any atom is 0.410 e. The number of likely N-dealkylation sites (tertiary alicyclic amines) is 1. The van der Waals surface area contributed by atoms with Crippen molar-refractivity contribution in [2.24, 2.45) is 0 Å². The van der Waals surface area contributed by atoms with E-state index in [1.54, 1.807) is 7.11 Å². The molecule has 1 saturated heterocycles. The van der Waals surface area contributed by atoms with Gasteiger partial charge in [-0.25, -0.2) is 4.79 Å². The lowest BCUT2D eigenvalue weighted by atomic mass is 10.2. The summed E-state index contributed by atoms with van der Waals surface area (Å²) in [5, 5.41) is 0. The lowest BCUT2D eigenvalue weighted by Gasteiger charge is -2.14. The largest absolute Gasteiger partial charge is 0.497 e. The van der Waals surface area contributed by atoms with Gasteiger partial charge in [0.05, 0.1) is 13.7 Å². The van der Waals surface area contributed by atoms with E-state index in [9.17, 15) is 9.59 Å². The fourth-order valence-electron chi connectivity index (χ4n) is 1.79. The fourth-order valence-corrected chi connectivity index (χ4v) is 1.79. The molecule has 0 spiro atoms. The summed E-state index contributed by atoms with van der Waals surface area (Å²) in [6.07, 6.45) is -0.0162. The second kappa shape index (κ2) is 5.53. The molecule has 18 heavy (non-hydrogen) atoms. The summed E-state index contributed by atoms with van der Waals surface area (Å²) in [6.45, 7) is 0.799. The van der Waals surface area contributed by atoms with E-state index in [2.05, 4.69) is 0 Å². The molecule has 1 aromatic rings. The number of hydrogen-bond donors (Lipinski definition) is 0. The van der Waals surface area contributed by atoms with Crippen LogP contribution >= 0.6 is 0 Å². The van der Waals surface area contributed by atoms with Crippen LogP contribution < -0.4 is 4.74 Å². The maximum atomic E-state index is 11.6. The van der Waals surface area contributed by atoms with Crippen LogP contribution in [0.5, 0.6) is 5.75 Å². The number of ether oxygens (including phenoxy) is 2. The first-order valence-electron chi connectivity index (χ1n) is 5.75. The molecule has 96 valence electrons. The van der Waals surface area contributed by atoms with Gasteiger partial charge in [-0.1, -0.05) is 12.1 Å². The quantitative estimate of drug-likeness (QED) is 0.816. The van der Waals surface area contributed by atoms with Crippen molar-refractivity contribution in [3.05, 3.63) is 29.8 Å². The predicted octanol–water partition coefficient (Wildman–Crippen LogP) is 1.61. The summed E-state index contributed by atoms with van der Waals surface area (Å²) in [5.74, 6) is 0.799. The van der Waals surface area contributed by atoms with Gasteiger partial charge in [-0.2, -0.15) is 0 Å². The molecule has 0 saturated carbocycles. The van der Waals surface area contributed by atoms with Gasteiger partial charge in [0, 0.05) is 13.0 Å². The standard InChI is InChI=1S/C13H15NO4/c1-17-12-4-2-3-10(7-12)9-18-13(16)14-6-5-11(15)8-14/h2-4,7H,5-6,8-9H2,1H3. The third kappa shape index (κ3) is 3.00. The van der Waals surface area contributed by atoms with E-state index < -0.39 is 6.09 Å². The minimum absolute atomic E-state index is 0.0772. The molecule has 1 amide bonds. The molecule has 1 aliphatic rings. The highest BCUT2D eigenvalue weighted by atomic mass is 16.6. The number of nitrogens with zero attached hydrogens (tertiary/aromatic N) is 1. The van der Waals surface area contributed by atoms with Crippen molar-refractivity contribution in [1.29, 1.82) is 0 Å². The first-order chi connectivity index (χ1) is 8.69. The summed E-state index contributed by atoms with van der Waals surface area (Å²) in [6, 6.07) is 7.32. The minimum atomic E-state index is -0.441. The van der Waals surface area contributed by atoms with Gasteiger partial charge in [0.25, 0.3) is 0 Å².